The lowest BCUT2D eigenvalue weighted by molar-refractivity contribution is -0.115. The number of anilines is 1. The van der Waals surface area contributed by atoms with Crippen LogP contribution in [0.1, 0.15) is 12.5 Å². The molecule has 0 aliphatic rings. The first kappa shape index (κ1) is 22.5. The minimum atomic E-state index is -0.550. The van der Waals surface area contributed by atoms with Crippen molar-refractivity contribution in [1.82, 2.24) is 9.55 Å². The zero-order chi connectivity index (χ0) is 23.4. The highest BCUT2D eigenvalue weighted by Gasteiger charge is 2.22. The van der Waals surface area contributed by atoms with Crippen LogP contribution in [0, 0.1) is 11.3 Å². The topological polar surface area (TPSA) is 87.8 Å². The van der Waals surface area contributed by atoms with Gasteiger partial charge in [-0.2, -0.15) is 5.26 Å². The second-order valence-corrected chi connectivity index (χ2v) is 9.37. The van der Waals surface area contributed by atoms with Gasteiger partial charge >= 0.3 is 0 Å². The van der Waals surface area contributed by atoms with Crippen LogP contribution in [-0.2, 0) is 11.3 Å². The molecular formula is C25H20N4O2S2. The summed E-state index contributed by atoms with van der Waals surface area (Å²) in [4.78, 5) is 31.6. The predicted molar refractivity (Wildman–Crippen MR) is 135 cm³/mol. The van der Waals surface area contributed by atoms with Gasteiger partial charge in [-0.3, -0.25) is 14.2 Å². The largest absolute Gasteiger partial charge is 0.324 e. The summed E-state index contributed by atoms with van der Waals surface area (Å²) >= 11 is 2.61. The van der Waals surface area contributed by atoms with Crippen LogP contribution in [0.5, 0.6) is 0 Å². The number of aromatic nitrogens is 2. The first-order valence-corrected chi connectivity index (χ1v) is 11.9. The molecule has 0 saturated heterocycles. The Balaban J connectivity index is 1.68. The molecule has 1 unspecified atom stereocenters. The number of hydrogen-bond acceptors (Lipinski definition) is 6. The molecule has 2 heterocycles. The summed E-state index contributed by atoms with van der Waals surface area (Å²) < 4.78 is 1.55. The molecule has 0 bridgehead atoms. The van der Waals surface area contributed by atoms with E-state index in [1.165, 1.54) is 23.1 Å². The number of nitrogens with one attached hydrogen (secondary N) is 1. The number of rotatable bonds is 7. The summed E-state index contributed by atoms with van der Waals surface area (Å²) in [6.07, 6.45) is 1.64. The van der Waals surface area contributed by atoms with Gasteiger partial charge in [-0.15, -0.1) is 17.9 Å². The second-order valence-electron chi connectivity index (χ2n) is 7.20. The third-order valence-electron chi connectivity index (χ3n) is 5.01. The highest BCUT2D eigenvalue weighted by molar-refractivity contribution is 8.00. The molecule has 8 heteroatoms. The van der Waals surface area contributed by atoms with E-state index in [4.69, 9.17) is 4.98 Å². The van der Waals surface area contributed by atoms with E-state index < -0.39 is 5.25 Å². The molecule has 1 amide bonds. The smallest absolute Gasteiger partial charge is 0.263 e. The molecular weight excluding hydrogens is 452 g/mol. The molecule has 33 heavy (non-hydrogen) atoms. The van der Waals surface area contributed by atoms with Crippen molar-refractivity contribution < 1.29 is 4.79 Å². The van der Waals surface area contributed by atoms with Gasteiger partial charge < -0.3 is 5.32 Å². The number of amides is 1. The van der Waals surface area contributed by atoms with Crippen LogP contribution < -0.4 is 10.9 Å². The van der Waals surface area contributed by atoms with E-state index >= 15 is 0 Å². The van der Waals surface area contributed by atoms with Crippen molar-refractivity contribution in [3.63, 3.8) is 0 Å². The molecule has 0 fully saturated rings. The van der Waals surface area contributed by atoms with E-state index in [2.05, 4.69) is 18.0 Å². The Morgan fingerprint density at radius 2 is 2.00 bits per heavy atom. The van der Waals surface area contributed by atoms with Crippen LogP contribution >= 0.6 is 23.1 Å². The minimum absolute atomic E-state index is 0.162. The van der Waals surface area contributed by atoms with Gasteiger partial charge in [0, 0.05) is 17.5 Å². The number of fused-ring (bicyclic) bond motifs is 1. The summed E-state index contributed by atoms with van der Waals surface area (Å²) in [5, 5.41) is 14.5. The number of carbonyl (C=O) groups is 1. The lowest BCUT2D eigenvalue weighted by Gasteiger charge is -2.15. The van der Waals surface area contributed by atoms with Crippen molar-refractivity contribution in [3.8, 4) is 17.2 Å². The number of hydrogen-bond donors (Lipinski definition) is 1. The second kappa shape index (κ2) is 9.86. The normalized spacial score (nSPS) is 11.6. The van der Waals surface area contributed by atoms with Gasteiger partial charge in [-0.1, -0.05) is 60.3 Å². The van der Waals surface area contributed by atoms with Crippen molar-refractivity contribution in [2.45, 2.75) is 23.9 Å². The Morgan fingerprint density at radius 1 is 1.27 bits per heavy atom. The van der Waals surface area contributed by atoms with Crippen LogP contribution in [0.2, 0.25) is 0 Å². The Hall–Kier alpha value is -3.67. The van der Waals surface area contributed by atoms with Crippen molar-refractivity contribution in [1.29, 1.82) is 5.26 Å². The number of thioether (sulfide) groups is 1. The first-order chi connectivity index (χ1) is 16.0. The van der Waals surface area contributed by atoms with Gasteiger partial charge in [0.05, 0.1) is 21.9 Å². The Labute approximate surface area is 199 Å². The average molecular weight is 473 g/mol. The van der Waals surface area contributed by atoms with E-state index in [0.29, 0.717) is 26.6 Å². The molecule has 1 atom stereocenters. The maximum absolute atomic E-state index is 13.5. The van der Waals surface area contributed by atoms with Crippen LogP contribution in [0.25, 0.3) is 21.3 Å². The lowest BCUT2D eigenvalue weighted by Crippen LogP contribution is -2.27. The molecule has 0 aliphatic carbocycles. The van der Waals surface area contributed by atoms with Crippen molar-refractivity contribution in [2.24, 2.45) is 0 Å². The predicted octanol–water partition coefficient (Wildman–Crippen LogP) is 5.30. The molecule has 4 rings (SSSR count). The zero-order valence-electron chi connectivity index (χ0n) is 17.8. The SMILES string of the molecule is C=CCn1c(SC(C)C(=O)Nc2ccccc2C#N)nc2scc(-c3ccccc3)c2c1=O. The van der Waals surface area contributed by atoms with Gasteiger partial charge in [0.2, 0.25) is 5.91 Å². The minimum Gasteiger partial charge on any atom is -0.324 e. The molecule has 164 valence electrons. The lowest BCUT2D eigenvalue weighted by atomic mass is 10.1. The van der Waals surface area contributed by atoms with E-state index in [1.54, 1.807) is 41.8 Å². The molecule has 2 aromatic heterocycles. The van der Waals surface area contributed by atoms with E-state index in [-0.39, 0.29) is 18.0 Å². The van der Waals surface area contributed by atoms with Gasteiger partial charge in [0.15, 0.2) is 5.16 Å². The van der Waals surface area contributed by atoms with Gasteiger partial charge in [0.25, 0.3) is 5.56 Å². The Bertz CT molecular complexity index is 1430. The molecule has 2 aromatic carbocycles. The first-order valence-electron chi connectivity index (χ1n) is 10.2. The highest BCUT2D eigenvalue weighted by atomic mass is 32.2. The van der Waals surface area contributed by atoms with Crippen molar-refractivity contribution >= 4 is 44.9 Å². The quantitative estimate of drug-likeness (QED) is 0.224. The van der Waals surface area contributed by atoms with Crippen LogP contribution in [-0.4, -0.2) is 20.7 Å². The monoisotopic (exact) mass is 472 g/mol. The summed E-state index contributed by atoms with van der Waals surface area (Å²) in [5.74, 6) is -0.279. The highest BCUT2D eigenvalue weighted by Crippen LogP contribution is 2.33. The third-order valence-corrected chi connectivity index (χ3v) is 6.97. The fraction of sp³-hybridized carbons (Fsp3) is 0.120. The number of carbonyl (C=O) groups excluding carboxylic acids is 1. The molecule has 0 radical (unpaired) electrons. The molecule has 4 aromatic rings. The summed E-state index contributed by atoms with van der Waals surface area (Å²) in [6.45, 7) is 5.79. The van der Waals surface area contributed by atoms with E-state index in [9.17, 15) is 14.9 Å². The molecule has 0 spiro atoms. The van der Waals surface area contributed by atoms with Crippen molar-refractivity contribution in [2.75, 3.05) is 5.32 Å². The standard InChI is InChI=1S/C25H20N4O2S2/c1-3-13-29-24(31)21-19(17-9-5-4-6-10-17)15-32-23(21)28-25(29)33-16(2)22(30)27-20-12-8-7-11-18(20)14-26/h3-12,15-16H,1,13H2,2H3,(H,27,30). The summed E-state index contributed by atoms with van der Waals surface area (Å²) in [6, 6.07) is 18.6. The number of benzene rings is 2. The number of para-hydroxylation sites is 1. The average Bonchev–Trinajstić information content (AvgIpc) is 3.26. The fourth-order valence-electron chi connectivity index (χ4n) is 3.35. The van der Waals surface area contributed by atoms with E-state index in [0.717, 1.165) is 11.1 Å². The molecule has 0 aliphatic heterocycles. The molecule has 1 N–H and O–H groups in total. The summed E-state index contributed by atoms with van der Waals surface area (Å²) in [5.41, 5.74) is 2.48. The number of nitriles is 1. The van der Waals surface area contributed by atoms with Gasteiger partial charge in [0.1, 0.15) is 10.9 Å². The van der Waals surface area contributed by atoms with E-state index in [1.807, 2.05) is 35.7 Å². The zero-order valence-corrected chi connectivity index (χ0v) is 19.5. The molecule has 0 saturated carbocycles. The van der Waals surface area contributed by atoms with Gasteiger partial charge in [-0.25, -0.2) is 4.98 Å². The fourth-order valence-corrected chi connectivity index (χ4v) is 5.26. The van der Waals surface area contributed by atoms with Crippen LogP contribution in [0.4, 0.5) is 5.69 Å². The van der Waals surface area contributed by atoms with Gasteiger partial charge in [-0.05, 0) is 24.6 Å². The van der Waals surface area contributed by atoms with Crippen molar-refractivity contribution in [3.05, 3.63) is 88.5 Å². The third kappa shape index (κ3) is 4.60. The Kier molecular flexibility index (Phi) is 6.73. The number of thiophene rings is 1. The summed E-state index contributed by atoms with van der Waals surface area (Å²) in [7, 11) is 0. The Morgan fingerprint density at radius 3 is 2.73 bits per heavy atom. The molecule has 6 nitrogen and oxygen atoms in total. The number of nitrogens with zero attached hydrogens (tertiary/aromatic N) is 3. The maximum Gasteiger partial charge on any atom is 0.263 e. The van der Waals surface area contributed by atoms with Crippen LogP contribution in [0.15, 0.2) is 82.6 Å². The maximum atomic E-state index is 13.5. The van der Waals surface area contributed by atoms with Crippen LogP contribution in [0.3, 0.4) is 0 Å². The number of allylic oxidation sites excluding steroid dienone is 1.